The zero-order chi connectivity index (χ0) is 6.41. The molecule has 45 valence electrons. The Bertz CT molecular complexity index is 94.7. The van der Waals surface area contributed by atoms with Gasteiger partial charge in [0.05, 0.1) is 13.2 Å². The van der Waals surface area contributed by atoms with Crippen molar-refractivity contribution in [3.63, 3.8) is 0 Å². The average Bonchev–Trinajstić information content (AvgIpc) is 1.83. The standard InChI is InChI=1S/C6H9O2/c1-3-4-5-6(7)8-2/h4H,3H2,1-2H3. The highest BCUT2D eigenvalue weighted by Crippen LogP contribution is 1.79. The molecule has 0 fully saturated rings. The minimum atomic E-state index is -0.410. The molecule has 0 unspecified atom stereocenters. The molecule has 0 spiro atoms. The molecule has 0 atom stereocenters. The molecule has 0 heterocycles. The number of methoxy groups -OCH3 is 1. The summed E-state index contributed by atoms with van der Waals surface area (Å²) in [6.45, 7) is 1.93. The van der Waals surface area contributed by atoms with Crippen LogP contribution in [0.5, 0.6) is 0 Å². The molecule has 0 rings (SSSR count). The molecule has 0 bridgehead atoms. The second kappa shape index (κ2) is 4.37. The lowest BCUT2D eigenvalue weighted by Crippen LogP contribution is -1.93. The molecular weight excluding hydrogens is 104 g/mol. The van der Waals surface area contributed by atoms with Gasteiger partial charge in [0.2, 0.25) is 0 Å². The molecule has 0 aromatic rings. The Hall–Kier alpha value is -0.790. The molecule has 2 nitrogen and oxygen atoms in total. The van der Waals surface area contributed by atoms with E-state index in [1.807, 2.05) is 6.92 Å². The lowest BCUT2D eigenvalue weighted by atomic mass is 10.4. The van der Waals surface area contributed by atoms with Gasteiger partial charge in [0.1, 0.15) is 0 Å². The van der Waals surface area contributed by atoms with Gasteiger partial charge in [-0.1, -0.05) is 13.0 Å². The summed E-state index contributed by atoms with van der Waals surface area (Å²) in [5.74, 6) is -0.410. The van der Waals surface area contributed by atoms with Crippen molar-refractivity contribution < 1.29 is 9.53 Å². The maximum Gasteiger partial charge on any atom is 0.338 e. The van der Waals surface area contributed by atoms with Crippen molar-refractivity contribution >= 4 is 5.97 Å². The largest absolute Gasteiger partial charge is 0.465 e. The molecule has 0 amide bonds. The molecular formula is C6H9O2. The molecule has 0 aliphatic rings. The summed E-state index contributed by atoms with van der Waals surface area (Å²) < 4.78 is 4.27. The molecule has 0 aromatic heterocycles. The van der Waals surface area contributed by atoms with E-state index in [0.29, 0.717) is 0 Å². The predicted molar refractivity (Wildman–Crippen MR) is 30.1 cm³/mol. The fourth-order valence-corrected chi connectivity index (χ4v) is 0.244. The molecule has 0 saturated carbocycles. The highest BCUT2D eigenvalue weighted by Gasteiger charge is 1.87. The Labute approximate surface area is 49.1 Å². The van der Waals surface area contributed by atoms with Gasteiger partial charge in [-0.25, -0.2) is 4.79 Å². The van der Waals surface area contributed by atoms with Gasteiger partial charge in [-0.2, -0.15) is 0 Å². The number of allylic oxidation sites excluding steroid dienone is 1. The smallest absolute Gasteiger partial charge is 0.338 e. The molecule has 0 aromatic carbocycles. The Morgan fingerprint density at radius 3 is 2.88 bits per heavy atom. The molecule has 2 heteroatoms. The van der Waals surface area contributed by atoms with Crippen LogP contribution in [0, 0.1) is 6.08 Å². The first-order valence-corrected chi connectivity index (χ1v) is 2.47. The number of esters is 1. The lowest BCUT2D eigenvalue weighted by molar-refractivity contribution is -0.135. The van der Waals surface area contributed by atoms with Crippen LogP contribution in [-0.2, 0) is 9.53 Å². The minimum Gasteiger partial charge on any atom is -0.465 e. The van der Waals surface area contributed by atoms with Crippen LogP contribution in [0.2, 0.25) is 0 Å². The van der Waals surface area contributed by atoms with Gasteiger partial charge < -0.3 is 4.74 Å². The molecule has 0 aliphatic carbocycles. The van der Waals surface area contributed by atoms with Gasteiger partial charge in [-0.05, 0) is 6.42 Å². The van der Waals surface area contributed by atoms with E-state index < -0.39 is 5.97 Å². The van der Waals surface area contributed by atoms with Crippen molar-refractivity contribution in [3.8, 4) is 0 Å². The fraction of sp³-hybridized carbons (Fsp3) is 0.500. The SMILES string of the molecule is CC/C=[C]/C(=O)OC. The summed E-state index contributed by atoms with van der Waals surface area (Å²) in [4.78, 5) is 10.2. The van der Waals surface area contributed by atoms with E-state index in [-0.39, 0.29) is 0 Å². The van der Waals surface area contributed by atoms with Gasteiger partial charge in [-0.3, -0.25) is 0 Å². The maximum absolute atomic E-state index is 10.2. The Morgan fingerprint density at radius 1 is 1.88 bits per heavy atom. The second-order valence-corrected chi connectivity index (χ2v) is 1.25. The first-order valence-electron chi connectivity index (χ1n) is 2.47. The normalized spacial score (nSPS) is 9.75. The molecule has 0 N–H and O–H groups in total. The third-order valence-electron chi connectivity index (χ3n) is 0.609. The van der Waals surface area contributed by atoms with Crippen molar-refractivity contribution in [2.24, 2.45) is 0 Å². The Morgan fingerprint density at radius 2 is 2.50 bits per heavy atom. The number of hydrogen-bond acceptors (Lipinski definition) is 2. The quantitative estimate of drug-likeness (QED) is 0.393. The highest BCUT2D eigenvalue weighted by molar-refractivity contribution is 5.77. The van der Waals surface area contributed by atoms with Crippen molar-refractivity contribution in [1.29, 1.82) is 0 Å². The van der Waals surface area contributed by atoms with E-state index in [1.165, 1.54) is 7.11 Å². The summed E-state index contributed by atoms with van der Waals surface area (Å²) in [6, 6.07) is 0. The predicted octanol–water partition coefficient (Wildman–Crippen LogP) is 0.929. The number of ether oxygens (including phenoxy) is 1. The molecule has 0 aliphatic heterocycles. The lowest BCUT2D eigenvalue weighted by Gasteiger charge is -1.85. The van der Waals surface area contributed by atoms with Gasteiger partial charge in [-0.15, -0.1) is 0 Å². The van der Waals surface area contributed by atoms with Crippen LogP contribution in [0.4, 0.5) is 0 Å². The first kappa shape index (κ1) is 7.21. The zero-order valence-electron chi connectivity index (χ0n) is 5.10. The van der Waals surface area contributed by atoms with E-state index in [0.717, 1.165) is 6.42 Å². The number of carbonyl (C=O) groups is 1. The van der Waals surface area contributed by atoms with Gasteiger partial charge in [0, 0.05) is 0 Å². The van der Waals surface area contributed by atoms with E-state index in [4.69, 9.17) is 0 Å². The molecule has 8 heavy (non-hydrogen) atoms. The van der Waals surface area contributed by atoms with Gasteiger partial charge >= 0.3 is 5.97 Å². The Kier molecular flexibility index (Phi) is 3.94. The monoisotopic (exact) mass is 113 g/mol. The van der Waals surface area contributed by atoms with Gasteiger partial charge in [0.25, 0.3) is 0 Å². The highest BCUT2D eigenvalue weighted by atomic mass is 16.5. The van der Waals surface area contributed by atoms with Crippen LogP contribution in [0.25, 0.3) is 0 Å². The summed E-state index contributed by atoms with van der Waals surface area (Å²) in [6.07, 6.45) is 4.84. The van der Waals surface area contributed by atoms with Crippen molar-refractivity contribution in [2.75, 3.05) is 7.11 Å². The van der Waals surface area contributed by atoms with Crippen molar-refractivity contribution in [1.82, 2.24) is 0 Å². The topological polar surface area (TPSA) is 26.3 Å². The van der Waals surface area contributed by atoms with E-state index in [1.54, 1.807) is 6.08 Å². The summed E-state index contributed by atoms with van der Waals surface area (Å²) in [7, 11) is 1.33. The van der Waals surface area contributed by atoms with Gasteiger partial charge in [0.15, 0.2) is 0 Å². The average molecular weight is 113 g/mol. The van der Waals surface area contributed by atoms with Crippen LogP contribution < -0.4 is 0 Å². The summed E-state index contributed by atoms with van der Waals surface area (Å²) in [5.41, 5.74) is 0. The van der Waals surface area contributed by atoms with Crippen LogP contribution in [0.15, 0.2) is 6.08 Å². The second-order valence-electron chi connectivity index (χ2n) is 1.25. The number of hydrogen-bond donors (Lipinski definition) is 0. The summed E-state index contributed by atoms with van der Waals surface area (Å²) in [5, 5.41) is 0. The minimum absolute atomic E-state index is 0.410. The third-order valence-corrected chi connectivity index (χ3v) is 0.609. The van der Waals surface area contributed by atoms with E-state index >= 15 is 0 Å². The van der Waals surface area contributed by atoms with Crippen LogP contribution in [0.1, 0.15) is 13.3 Å². The van der Waals surface area contributed by atoms with Crippen LogP contribution in [0.3, 0.4) is 0 Å². The van der Waals surface area contributed by atoms with Crippen molar-refractivity contribution in [3.05, 3.63) is 12.2 Å². The summed E-state index contributed by atoms with van der Waals surface area (Å²) >= 11 is 0. The number of rotatable bonds is 2. The van der Waals surface area contributed by atoms with E-state index in [9.17, 15) is 4.79 Å². The molecule has 1 radical (unpaired) electrons. The van der Waals surface area contributed by atoms with Crippen LogP contribution in [-0.4, -0.2) is 13.1 Å². The van der Waals surface area contributed by atoms with Crippen molar-refractivity contribution in [2.45, 2.75) is 13.3 Å². The third kappa shape index (κ3) is 3.40. The maximum atomic E-state index is 10.2. The fourth-order valence-electron chi connectivity index (χ4n) is 0.244. The molecule has 0 saturated heterocycles. The Balaban J connectivity index is 3.37. The van der Waals surface area contributed by atoms with E-state index in [2.05, 4.69) is 10.8 Å². The first-order chi connectivity index (χ1) is 3.81. The number of carbonyl (C=O) groups excluding carboxylic acids is 1. The van der Waals surface area contributed by atoms with Crippen LogP contribution >= 0.6 is 0 Å². The zero-order valence-corrected chi connectivity index (χ0v) is 5.10.